The molecule has 1 amide bonds. The van der Waals surface area contributed by atoms with Crippen molar-refractivity contribution in [2.75, 3.05) is 4.90 Å². The van der Waals surface area contributed by atoms with E-state index in [1.165, 1.54) is 4.90 Å². The predicted octanol–water partition coefficient (Wildman–Crippen LogP) is 4.37. The lowest BCUT2D eigenvalue weighted by molar-refractivity contribution is -0.132. The zero-order valence-corrected chi connectivity index (χ0v) is 16.4. The number of carbonyl (C=O) groups excluding carboxylic acids is 2. The van der Waals surface area contributed by atoms with Crippen molar-refractivity contribution in [3.05, 3.63) is 87.6 Å². The summed E-state index contributed by atoms with van der Waals surface area (Å²) < 4.78 is 5.89. The van der Waals surface area contributed by atoms with E-state index in [4.69, 9.17) is 4.52 Å². The van der Waals surface area contributed by atoms with E-state index in [0.29, 0.717) is 16.9 Å². The van der Waals surface area contributed by atoms with Gasteiger partial charge in [0.15, 0.2) is 5.82 Å². The van der Waals surface area contributed by atoms with E-state index in [1.54, 1.807) is 61.5 Å². The smallest absolute Gasteiger partial charge is 0.301 e. The quantitative estimate of drug-likeness (QED) is 0.372. The zero-order valence-electron chi connectivity index (χ0n) is 14.8. The molecule has 1 N–H and O–H groups in total. The molecule has 2 heterocycles. The lowest BCUT2D eigenvalue weighted by atomic mass is 9.95. The molecule has 0 saturated carbocycles. The Labute approximate surface area is 169 Å². The zero-order chi connectivity index (χ0) is 19.8. The molecule has 1 aliphatic rings. The number of hydrogen-bond acceptors (Lipinski definition) is 5. The van der Waals surface area contributed by atoms with Crippen LogP contribution >= 0.6 is 15.9 Å². The fraction of sp³-hybridized carbons (Fsp3) is 0.0952. The van der Waals surface area contributed by atoms with Gasteiger partial charge in [-0.1, -0.05) is 63.6 Å². The Balaban J connectivity index is 1.96. The minimum absolute atomic E-state index is 0.00922. The third kappa shape index (κ3) is 3.03. The van der Waals surface area contributed by atoms with Gasteiger partial charge in [-0.2, -0.15) is 0 Å². The number of rotatable bonds is 3. The molecule has 1 saturated heterocycles. The van der Waals surface area contributed by atoms with Crippen molar-refractivity contribution in [1.29, 1.82) is 0 Å². The Morgan fingerprint density at radius 1 is 1.11 bits per heavy atom. The Bertz CT molecular complexity index is 1100. The number of carbonyl (C=O) groups is 2. The van der Waals surface area contributed by atoms with Crippen molar-refractivity contribution < 1.29 is 19.2 Å². The summed E-state index contributed by atoms with van der Waals surface area (Å²) in [6.45, 7) is 1.70. The summed E-state index contributed by atoms with van der Waals surface area (Å²) in [6, 6.07) is 16.7. The average molecular weight is 439 g/mol. The van der Waals surface area contributed by atoms with Crippen molar-refractivity contribution in [3.8, 4) is 0 Å². The maximum absolute atomic E-state index is 12.9. The van der Waals surface area contributed by atoms with Gasteiger partial charge >= 0.3 is 5.91 Å². The Morgan fingerprint density at radius 3 is 2.50 bits per heavy atom. The van der Waals surface area contributed by atoms with Gasteiger partial charge in [-0.15, -0.1) is 0 Å². The fourth-order valence-electron chi connectivity index (χ4n) is 3.28. The van der Waals surface area contributed by atoms with Crippen LogP contribution in [0.5, 0.6) is 0 Å². The summed E-state index contributed by atoms with van der Waals surface area (Å²) in [5.74, 6) is -1.04. The van der Waals surface area contributed by atoms with Gasteiger partial charge in [0.1, 0.15) is 11.5 Å². The molecule has 1 fully saturated rings. The van der Waals surface area contributed by atoms with Crippen LogP contribution in [0.4, 0.5) is 5.82 Å². The highest BCUT2D eigenvalue weighted by atomic mass is 79.9. The number of amides is 1. The number of aliphatic hydroxyl groups is 1. The third-order valence-corrected chi connectivity index (χ3v) is 5.01. The van der Waals surface area contributed by atoms with Crippen LogP contribution in [0.2, 0.25) is 0 Å². The molecule has 6 nitrogen and oxygen atoms in total. The molecule has 0 radical (unpaired) electrons. The van der Waals surface area contributed by atoms with Crippen LogP contribution in [0.25, 0.3) is 5.76 Å². The molecule has 7 heteroatoms. The highest BCUT2D eigenvalue weighted by Crippen LogP contribution is 2.42. The van der Waals surface area contributed by atoms with Gasteiger partial charge in [0.25, 0.3) is 5.78 Å². The van der Waals surface area contributed by atoms with E-state index < -0.39 is 17.7 Å². The standard InChI is InChI=1S/C21H15BrN2O4/c1-12-10-16(23-28-12)24-18(14-8-5-9-15(22)11-14)17(20(26)21(24)27)19(25)13-6-3-2-4-7-13/h2-11,18,25H,1H3/t18-/m0/s1. The largest absolute Gasteiger partial charge is 0.507 e. The number of anilines is 1. The van der Waals surface area contributed by atoms with Gasteiger partial charge in [-0.05, 0) is 24.6 Å². The summed E-state index contributed by atoms with van der Waals surface area (Å²) >= 11 is 3.42. The number of benzene rings is 2. The number of nitrogens with zero attached hydrogens (tertiary/aromatic N) is 2. The van der Waals surface area contributed by atoms with E-state index in [-0.39, 0.29) is 17.2 Å². The lowest BCUT2D eigenvalue weighted by Crippen LogP contribution is -2.29. The van der Waals surface area contributed by atoms with Crippen LogP contribution in [0.3, 0.4) is 0 Å². The van der Waals surface area contributed by atoms with Gasteiger partial charge in [-0.3, -0.25) is 14.5 Å². The first kappa shape index (κ1) is 18.2. The highest BCUT2D eigenvalue weighted by molar-refractivity contribution is 9.10. The molecular weight excluding hydrogens is 424 g/mol. The molecule has 0 unspecified atom stereocenters. The molecule has 1 aromatic heterocycles. The van der Waals surface area contributed by atoms with E-state index in [0.717, 1.165) is 4.47 Å². The second kappa shape index (κ2) is 7.09. The summed E-state index contributed by atoms with van der Waals surface area (Å²) in [5, 5.41) is 14.8. The van der Waals surface area contributed by atoms with Gasteiger partial charge in [0.05, 0.1) is 11.6 Å². The number of hydrogen-bond donors (Lipinski definition) is 1. The molecule has 1 aliphatic heterocycles. The molecule has 140 valence electrons. The van der Waals surface area contributed by atoms with Gasteiger partial charge < -0.3 is 9.63 Å². The van der Waals surface area contributed by atoms with E-state index in [2.05, 4.69) is 21.1 Å². The number of Topliss-reactive ketones (excluding diaryl/α,β-unsaturated/α-hetero) is 1. The second-order valence-corrected chi connectivity index (χ2v) is 7.30. The first-order chi connectivity index (χ1) is 13.5. The molecule has 28 heavy (non-hydrogen) atoms. The van der Waals surface area contributed by atoms with E-state index in [9.17, 15) is 14.7 Å². The number of ketones is 1. The van der Waals surface area contributed by atoms with Crippen LogP contribution in [0, 0.1) is 6.92 Å². The summed E-state index contributed by atoms with van der Waals surface area (Å²) in [4.78, 5) is 27.0. The third-order valence-electron chi connectivity index (χ3n) is 4.52. The SMILES string of the molecule is Cc1cc(N2C(=O)C(=O)C(=C(O)c3ccccc3)[C@@H]2c2cccc(Br)c2)no1. The monoisotopic (exact) mass is 438 g/mol. The summed E-state index contributed by atoms with van der Waals surface area (Å²) in [6.07, 6.45) is 0. The Hall–Kier alpha value is -3.19. The topological polar surface area (TPSA) is 83.6 Å². The van der Waals surface area contributed by atoms with E-state index >= 15 is 0 Å². The van der Waals surface area contributed by atoms with Crippen LogP contribution in [-0.2, 0) is 9.59 Å². The average Bonchev–Trinajstić information content (AvgIpc) is 3.23. The molecular formula is C21H15BrN2O4. The Kier molecular flexibility index (Phi) is 4.60. The lowest BCUT2D eigenvalue weighted by Gasteiger charge is -2.23. The molecule has 3 aromatic rings. The molecule has 0 aliphatic carbocycles. The van der Waals surface area contributed by atoms with Crippen LogP contribution in [-0.4, -0.2) is 22.0 Å². The Morgan fingerprint density at radius 2 is 1.86 bits per heavy atom. The first-order valence-corrected chi connectivity index (χ1v) is 9.32. The van der Waals surface area contributed by atoms with Crippen molar-refractivity contribution in [2.24, 2.45) is 0 Å². The minimum Gasteiger partial charge on any atom is -0.507 e. The van der Waals surface area contributed by atoms with Crippen LogP contribution < -0.4 is 4.90 Å². The molecule has 0 bridgehead atoms. The maximum atomic E-state index is 12.9. The number of aliphatic hydroxyl groups excluding tert-OH is 1. The van der Waals surface area contributed by atoms with E-state index in [1.807, 2.05) is 6.07 Å². The van der Waals surface area contributed by atoms with Crippen molar-refractivity contribution >= 4 is 39.2 Å². The van der Waals surface area contributed by atoms with Crippen molar-refractivity contribution in [3.63, 3.8) is 0 Å². The minimum atomic E-state index is -0.831. The number of aromatic nitrogens is 1. The van der Waals surface area contributed by atoms with Crippen LogP contribution in [0.15, 0.2) is 75.2 Å². The summed E-state index contributed by atoms with van der Waals surface area (Å²) in [5.41, 5.74) is 1.12. The molecule has 4 rings (SSSR count). The maximum Gasteiger partial charge on any atom is 0.301 e. The normalized spacial score (nSPS) is 18.6. The van der Waals surface area contributed by atoms with Crippen molar-refractivity contribution in [1.82, 2.24) is 5.16 Å². The number of halogens is 1. The van der Waals surface area contributed by atoms with Gasteiger partial charge in [-0.25, -0.2) is 0 Å². The highest BCUT2D eigenvalue weighted by Gasteiger charge is 2.48. The molecule has 0 spiro atoms. The molecule has 1 atom stereocenters. The predicted molar refractivity (Wildman–Crippen MR) is 107 cm³/mol. The fourth-order valence-corrected chi connectivity index (χ4v) is 3.70. The molecule has 2 aromatic carbocycles. The van der Waals surface area contributed by atoms with Crippen molar-refractivity contribution in [2.45, 2.75) is 13.0 Å². The van der Waals surface area contributed by atoms with Gasteiger partial charge in [0, 0.05) is 16.1 Å². The second-order valence-electron chi connectivity index (χ2n) is 6.39. The van der Waals surface area contributed by atoms with Crippen LogP contribution in [0.1, 0.15) is 22.9 Å². The number of aryl methyl sites for hydroxylation is 1. The van der Waals surface area contributed by atoms with Gasteiger partial charge in [0.2, 0.25) is 0 Å². The summed E-state index contributed by atoms with van der Waals surface area (Å²) in [7, 11) is 0. The first-order valence-electron chi connectivity index (χ1n) is 8.52.